The Morgan fingerprint density at radius 2 is 1.36 bits per heavy atom. The number of nitrogens with zero attached hydrogens (tertiary/aromatic N) is 2. The molecular formula is C3H4F4N2O3P2. The molecule has 0 aliphatic carbocycles. The number of amides is 2. The van der Waals surface area contributed by atoms with E-state index in [2.05, 4.69) is 9.25 Å². The van der Waals surface area contributed by atoms with E-state index >= 15 is 0 Å². The van der Waals surface area contributed by atoms with Crippen LogP contribution in [0.3, 0.4) is 0 Å². The summed E-state index contributed by atoms with van der Waals surface area (Å²) in [5, 5.41) is 0.592. The van der Waals surface area contributed by atoms with Crippen molar-refractivity contribution < 1.29 is 30.8 Å². The van der Waals surface area contributed by atoms with Crippen LogP contribution in [0.2, 0.25) is 0 Å². The summed E-state index contributed by atoms with van der Waals surface area (Å²) >= 11 is 0. The van der Waals surface area contributed by atoms with Crippen molar-refractivity contribution in [3.63, 3.8) is 0 Å². The maximum atomic E-state index is 11.7. The third-order valence-electron chi connectivity index (χ3n) is 1.25. The first-order valence-electron chi connectivity index (χ1n) is 3.19. The van der Waals surface area contributed by atoms with Gasteiger partial charge in [0.15, 0.2) is 0 Å². The van der Waals surface area contributed by atoms with Crippen LogP contribution in [0.1, 0.15) is 0 Å². The Hall–Kier alpha value is -0.230. The normalized spacial score (nSPS) is 17.7. The van der Waals surface area contributed by atoms with Crippen LogP contribution in [0, 0.1) is 0 Å². The fourth-order valence-electron chi connectivity index (χ4n) is 0.798. The van der Waals surface area contributed by atoms with Crippen LogP contribution >= 0.6 is 17.5 Å². The lowest BCUT2D eigenvalue weighted by molar-refractivity contribution is -0.0292. The van der Waals surface area contributed by atoms with Crippen LogP contribution in [0.25, 0.3) is 0 Å². The highest BCUT2D eigenvalue weighted by atomic mass is 31.2. The van der Waals surface area contributed by atoms with Gasteiger partial charge < -0.3 is 0 Å². The molecule has 11 heteroatoms. The van der Waals surface area contributed by atoms with Crippen molar-refractivity contribution in [3.8, 4) is 0 Å². The van der Waals surface area contributed by atoms with Gasteiger partial charge in [0.25, 0.3) is 0 Å². The molecule has 0 bridgehead atoms. The van der Waals surface area contributed by atoms with E-state index in [1.807, 2.05) is 0 Å². The molecule has 5 nitrogen and oxygen atoms in total. The van der Waals surface area contributed by atoms with E-state index in [0.29, 0.717) is 10.1 Å². The predicted octanol–water partition coefficient (Wildman–Crippen LogP) is 2.92. The average molecular weight is 254 g/mol. The van der Waals surface area contributed by atoms with E-state index in [9.17, 15) is 21.6 Å². The largest absolute Gasteiger partial charge is 0.439 e. The summed E-state index contributed by atoms with van der Waals surface area (Å²) in [4.78, 5) is 10.9. The monoisotopic (exact) mass is 254 g/mol. The zero-order valence-electron chi connectivity index (χ0n) is 6.44. The third kappa shape index (κ3) is 3.16. The van der Waals surface area contributed by atoms with Crippen LogP contribution < -0.4 is 0 Å². The van der Waals surface area contributed by atoms with Crippen LogP contribution in [0.4, 0.5) is 21.6 Å². The molecule has 1 heterocycles. The van der Waals surface area contributed by atoms with Gasteiger partial charge in [-0.15, -0.1) is 0 Å². The van der Waals surface area contributed by atoms with Crippen LogP contribution in [0.15, 0.2) is 0 Å². The molecule has 0 spiro atoms. The van der Waals surface area contributed by atoms with Gasteiger partial charge in [0.05, 0.1) is 13.1 Å². The number of carbonyl (C=O) groups excluding carboxylic acids is 1. The minimum absolute atomic E-state index is 0.227. The molecule has 1 aliphatic rings. The number of carbonyl (C=O) groups is 1. The molecule has 0 saturated carbocycles. The first-order valence-corrected chi connectivity index (χ1v) is 5.27. The summed E-state index contributed by atoms with van der Waals surface area (Å²) in [5.74, 6) is 0. The number of hydroxylamine groups is 4. The highest BCUT2D eigenvalue weighted by Gasteiger charge is 2.35. The number of hydrogen-bond acceptors (Lipinski definition) is 3. The Balaban J connectivity index is 2.43. The molecule has 0 aromatic carbocycles. The average Bonchev–Trinajstić information content (AvgIpc) is 2.34. The van der Waals surface area contributed by atoms with E-state index < -0.39 is 23.6 Å². The fraction of sp³-hybridized carbons (Fsp3) is 0.667. The number of halogens is 4. The summed E-state index contributed by atoms with van der Waals surface area (Å²) in [7, 11) is -7.47. The van der Waals surface area contributed by atoms with E-state index in [-0.39, 0.29) is 13.1 Å². The van der Waals surface area contributed by atoms with E-state index in [1.54, 1.807) is 0 Å². The number of rotatable bonds is 4. The standard InChI is InChI=1S/C3H4F4N2O3P2/c4-13(5)11-8-1-2-9(3(8)10)12-14(6)7/h1-2H2. The predicted molar refractivity (Wildman–Crippen MR) is 39.2 cm³/mol. The Bertz CT molecular complexity index is 200. The Kier molecular flexibility index (Phi) is 4.25. The van der Waals surface area contributed by atoms with Crippen molar-refractivity contribution >= 4 is 23.6 Å². The SMILES string of the molecule is O=C1N(OP(F)F)CCN1OP(F)F. The van der Waals surface area contributed by atoms with Crippen LogP contribution in [-0.2, 0) is 9.25 Å². The van der Waals surface area contributed by atoms with Crippen molar-refractivity contribution in [3.05, 3.63) is 0 Å². The highest BCUT2D eigenvalue weighted by molar-refractivity contribution is 7.40. The van der Waals surface area contributed by atoms with Crippen molar-refractivity contribution in [2.45, 2.75) is 0 Å². The topological polar surface area (TPSA) is 42.0 Å². The van der Waals surface area contributed by atoms with Gasteiger partial charge in [-0.1, -0.05) is 0 Å². The molecule has 14 heavy (non-hydrogen) atoms. The van der Waals surface area contributed by atoms with Gasteiger partial charge in [0, 0.05) is 0 Å². The second kappa shape index (κ2) is 5.02. The zero-order valence-corrected chi connectivity index (χ0v) is 8.23. The molecule has 0 radical (unpaired) electrons. The molecule has 1 rings (SSSR count). The lowest BCUT2D eigenvalue weighted by Gasteiger charge is -2.14. The molecule has 0 aromatic heterocycles. The second-order valence-corrected chi connectivity index (χ2v) is 3.19. The molecule has 1 saturated heterocycles. The molecule has 1 aliphatic heterocycles. The lowest BCUT2D eigenvalue weighted by atomic mass is 10.7. The van der Waals surface area contributed by atoms with Gasteiger partial charge in [-0.3, -0.25) is 0 Å². The van der Waals surface area contributed by atoms with Gasteiger partial charge in [-0.25, -0.2) is 4.79 Å². The summed E-state index contributed by atoms with van der Waals surface area (Å²) < 4.78 is 54.4. The second-order valence-electron chi connectivity index (χ2n) is 2.05. The molecular weight excluding hydrogens is 250 g/mol. The number of hydrogen-bond donors (Lipinski definition) is 0. The smallest absolute Gasteiger partial charge is 0.244 e. The van der Waals surface area contributed by atoms with Crippen LogP contribution in [-0.4, -0.2) is 29.2 Å². The Morgan fingerprint density at radius 1 is 1.00 bits per heavy atom. The Morgan fingerprint density at radius 3 is 1.64 bits per heavy atom. The van der Waals surface area contributed by atoms with E-state index in [1.165, 1.54) is 0 Å². The maximum Gasteiger partial charge on any atom is 0.439 e. The van der Waals surface area contributed by atoms with Gasteiger partial charge in [0.2, 0.25) is 0 Å². The van der Waals surface area contributed by atoms with Gasteiger partial charge in [-0.2, -0.15) is 36.2 Å². The van der Waals surface area contributed by atoms with E-state index in [0.717, 1.165) is 0 Å². The van der Waals surface area contributed by atoms with Gasteiger partial charge in [0.1, 0.15) is 0 Å². The third-order valence-corrected chi connectivity index (χ3v) is 1.89. The quantitative estimate of drug-likeness (QED) is 0.572. The van der Waals surface area contributed by atoms with Crippen LogP contribution in [0.5, 0.6) is 0 Å². The van der Waals surface area contributed by atoms with Crippen molar-refractivity contribution in [1.29, 1.82) is 0 Å². The molecule has 2 amide bonds. The number of urea groups is 1. The Labute approximate surface area is 78.6 Å². The van der Waals surface area contributed by atoms with Gasteiger partial charge in [-0.05, 0) is 0 Å². The molecule has 0 unspecified atom stereocenters. The van der Waals surface area contributed by atoms with Crippen molar-refractivity contribution in [1.82, 2.24) is 10.1 Å². The fourth-order valence-corrected chi connectivity index (χ4v) is 1.40. The minimum atomic E-state index is -3.74. The highest BCUT2D eigenvalue weighted by Crippen LogP contribution is 2.44. The van der Waals surface area contributed by atoms with Gasteiger partial charge >= 0.3 is 23.6 Å². The maximum absolute atomic E-state index is 11.7. The molecule has 0 N–H and O–H groups in total. The molecule has 82 valence electrons. The first kappa shape index (κ1) is 11.8. The summed E-state index contributed by atoms with van der Waals surface area (Å²) in [6.07, 6.45) is 0. The molecule has 0 atom stereocenters. The summed E-state index contributed by atoms with van der Waals surface area (Å²) in [6, 6.07) is -1.14. The zero-order chi connectivity index (χ0) is 10.7. The van der Waals surface area contributed by atoms with E-state index in [4.69, 9.17) is 0 Å². The van der Waals surface area contributed by atoms with Crippen molar-refractivity contribution in [2.75, 3.05) is 13.1 Å². The summed E-state index contributed by atoms with van der Waals surface area (Å²) in [6.45, 7) is -0.455. The molecule has 1 fully saturated rings. The van der Waals surface area contributed by atoms with Crippen molar-refractivity contribution in [2.24, 2.45) is 0 Å². The first-order chi connectivity index (χ1) is 6.50. The minimum Gasteiger partial charge on any atom is -0.244 e. The molecule has 0 aromatic rings. The summed E-state index contributed by atoms with van der Waals surface area (Å²) in [5.41, 5.74) is 0. The lowest BCUT2D eigenvalue weighted by Crippen LogP contribution is -2.29.